The Hall–Kier alpha value is -0.860. The summed E-state index contributed by atoms with van der Waals surface area (Å²) in [7, 11) is 0. The molecule has 27 heavy (non-hydrogen) atoms. The summed E-state index contributed by atoms with van der Waals surface area (Å²) in [5, 5.41) is 0. The molecule has 0 spiro atoms. The molecule has 0 radical (unpaired) electrons. The fourth-order valence-corrected chi connectivity index (χ4v) is 3.79. The molecule has 0 aromatic heterocycles. The lowest BCUT2D eigenvalue weighted by Gasteiger charge is -2.27. The number of carbonyl (C=O) groups is 2. The predicted octanol–water partition coefficient (Wildman–Crippen LogP) is 6.83. The van der Waals surface area contributed by atoms with Crippen LogP contribution < -0.4 is 0 Å². The number of ether oxygens (including phenoxy) is 1. The highest BCUT2D eigenvalue weighted by molar-refractivity contribution is 5.75. The molecule has 1 fully saturated rings. The maximum atomic E-state index is 11.1. The van der Waals surface area contributed by atoms with Crippen LogP contribution in [0.1, 0.15) is 107 Å². The second-order valence-electron chi connectivity index (χ2n) is 9.95. The number of Topliss-reactive ketones (excluding diaryl/α,β-unsaturated/α-hetero) is 1. The van der Waals surface area contributed by atoms with E-state index in [4.69, 9.17) is 4.74 Å². The molecule has 1 aliphatic heterocycles. The van der Waals surface area contributed by atoms with Crippen molar-refractivity contribution in [2.75, 3.05) is 0 Å². The minimum atomic E-state index is -0.00694. The van der Waals surface area contributed by atoms with E-state index in [0.29, 0.717) is 30.0 Å². The van der Waals surface area contributed by atoms with Gasteiger partial charge in [0.15, 0.2) is 0 Å². The van der Waals surface area contributed by atoms with Crippen molar-refractivity contribution >= 4 is 11.8 Å². The van der Waals surface area contributed by atoms with Gasteiger partial charge in [0.1, 0.15) is 11.9 Å². The highest BCUT2D eigenvalue weighted by Crippen LogP contribution is 2.24. The second kappa shape index (κ2) is 14.2. The molecular weight excluding hydrogens is 336 g/mol. The summed E-state index contributed by atoms with van der Waals surface area (Å²) in [5.74, 6) is 3.68. The lowest BCUT2D eigenvalue weighted by atomic mass is 9.89. The number of cyclic esters (lactones) is 1. The van der Waals surface area contributed by atoms with Gasteiger partial charge in [0, 0.05) is 12.8 Å². The van der Waals surface area contributed by atoms with Crippen LogP contribution in [-0.4, -0.2) is 17.9 Å². The van der Waals surface area contributed by atoms with Crippen LogP contribution in [0.5, 0.6) is 0 Å². The lowest BCUT2D eigenvalue weighted by Crippen LogP contribution is -2.28. The predicted molar refractivity (Wildman–Crippen MR) is 115 cm³/mol. The van der Waals surface area contributed by atoms with E-state index in [0.717, 1.165) is 37.5 Å². The Bertz CT molecular complexity index is 414. The summed E-state index contributed by atoms with van der Waals surface area (Å²) in [6, 6.07) is 0. The minimum Gasteiger partial charge on any atom is -0.462 e. The van der Waals surface area contributed by atoms with Gasteiger partial charge in [0.25, 0.3) is 0 Å². The van der Waals surface area contributed by atoms with E-state index in [-0.39, 0.29) is 12.1 Å². The molecule has 1 rings (SSSR count). The zero-order chi connectivity index (χ0) is 21.0. The molecule has 0 aromatic carbocycles. The molecule has 0 bridgehead atoms. The summed E-state index contributed by atoms with van der Waals surface area (Å²) in [6.07, 6.45) is 8.62. The number of hydrogen-bond donors (Lipinski definition) is 0. The summed E-state index contributed by atoms with van der Waals surface area (Å²) < 4.78 is 5.27. The Balaban J connectivity index is 0.000000501. The van der Waals surface area contributed by atoms with Crippen molar-refractivity contribution in [2.45, 2.75) is 113 Å². The fraction of sp³-hybridized carbons (Fsp3) is 0.917. The van der Waals surface area contributed by atoms with Crippen molar-refractivity contribution in [1.82, 2.24) is 0 Å². The molecule has 1 saturated heterocycles. The van der Waals surface area contributed by atoms with Crippen molar-refractivity contribution in [3.05, 3.63) is 0 Å². The molecule has 0 aliphatic carbocycles. The zero-order valence-electron chi connectivity index (χ0n) is 19.3. The van der Waals surface area contributed by atoms with Gasteiger partial charge >= 0.3 is 5.97 Å². The molecular formula is C24H46O3. The van der Waals surface area contributed by atoms with Crippen LogP contribution in [0.2, 0.25) is 0 Å². The number of hydrogen-bond acceptors (Lipinski definition) is 3. The van der Waals surface area contributed by atoms with Gasteiger partial charge < -0.3 is 9.53 Å². The average molecular weight is 383 g/mol. The van der Waals surface area contributed by atoms with Gasteiger partial charge in [0.2, 0.25) is 0 Å². The van der Waals surface area contributed by atoms with Crippen LogP contribution in [0.15, 0.2) is 0 Å². The third-order valence-electron chi connectivity index (χ3n) is 5.22. The number of carbonyl (C=O) groups excluding carboxylic acids is 2. The Morgan fingerprint density at radius 2 is 1.59 bits per heavy atom. The van der Waals surface area contributed by atoms with Gasteiger partial charge in [-0.05, 0) is 62.2 Å². The smallest absolute Gasteiger partial charge is 0.306 e. The van der Waals surface area contributed by atoms with Gasteiger partial charge in [0.05, 0.1) is 0 Å². The fourth-order valence-electron chi connectivity index (χ4n) is 3.79. The highest BCUT2D eigenvalue weighted by Gasteiger charge is 2.25. The van der Waals surface area contributed by atoms with Crippen molar-refractivity contribution in [1.29, 1.82) is 0 Å². The standard InChI is InChI=1S/C13H26O.C11H20O2/c1-10(2)6-7-11(3)8-12(4)9-13(5)14;1-8(2)4-5-10-6-9(3)7-11(12)13-10/h10-12H,6-9H2,1-5H3;8-10H,4-7H2,1-3H3/t11-,12-;9-,10-/m11/s1. The van der Waals surface area contributed by atoms with Crippen molar-refractivity contribution in [3.8, 4) is 0 Å². The van der Waals surface area contributed by atoms with Gasteiger partial charge in [-0.1, -0.05) is 61.3 Å². The Morgan fingerprint density at radius 3 is 2.07 bits per heavy atom. The van der Waals surface area contributed by atoms with Gasteiger partial charge in [-0.15, -0.1) is 0 Å². The van der Waals surface area contributed by atoms with E-state index in [1.807, 2.05) is 0 Å². The molecule has 4 atom stereocenters. The Morgan fingerprint density at radius 1 is 1.00 bits per heavy atom. The first-order valence-electron chi connectivity index (χ1n) is 11.2. The summed E-state index contributed by atoms with van der Waals surface area (Å²) in [6.45, 7) is 17.3. The zero-order valence-corrected chi connectivity index (χ0v) is 19.3. The molecule has 0 amide bonds. The highest BCUT2D eigenvalue weighted by atomic mass is 16.5. The van der Waals surface area contributed by atoms with Crippen molar-refractivity contribution in [2.24, 2.45) is 29.6 Å². The SMILES string of the molecule is CC(=O)C[C@H](C)C[C@H](C)CCC(C)C.CC(C)CC[C@@H]1C[C@@H](C)CC(=O)O1. The first-order chi connectivity index (χ1) is 12.5. The van der Waals surface area contributed by atoms with Crippen LogP contribution in [0.25, 0.3) is 0 Å². The first-order valence-corrected chi connectivity index (χ1v) is 11.2. The average Bonchev–Trinajstić information content (AvgIpc) is 2.50. The molecule has 160 valence electrons. The van der Waals surface area contributed by atoms with Gasteiger partial charge in [-0.25, -0.2) is 0 Å². The monoisotopic (exact) mass is 382 g/mol. The number of rotatable bonds is 10. The summed E-state index contributed by atoms with van der Waals surface area (Å²) >= 11 is 0. The molecule has 3 nitrogen and oxygen atoms in total. The largest absolute Gasteiger partial charge is 0.462 e. The van der Waals surface area contributed by atoms with E-state index in [2.05, 4.69) is 48.5 Å². The number of ketones is 1. The van der Waals surface area contributed by atoms with E-state index in [1.54, 1.807) is 6.92 Å². The van der Waals surface area contributed by atoms with Crippen LogP contribution in [0.3, 0.4) is 0 Å². The maximum Gasteiger partial charge on any atom is 0.306 e. The molecule has 1 aliphatic rings. The summed E-state index contributed by atoms with van der Waals surface area (Å²) in [4.78, 5) is 22.0. The molecule has 3 heteroatoms. The van der Waals surface area contributed by atoms with Gasteiger partial charge in [-0.3, -0.25) is 4.79 Å². The Kier molecular flexibility index (Phi) is 13.7. The van der Waals surface area contributed by atoms with Crippen LogP contribution in [0, 0.1) is 29.6 Å². The van der Waals surface area contributed by atoms with Crippen molar-refractivity contribution < 1.29 is 14.3 Å². The third-order valence-corrected chi connectivity index (χ3v) is 5.22. The van der Waals surface area contributed by atoms with E-state index >= 15 is 0 Å². The third kappa shape index (κ3) is 15.9. The van der Waals surface area contributed by atoms with Crippen molar-refractivity contribution in [3.63, 3.8) is 0 Å². The lowest BCUT2D eigenvalue weighted by molar-refractivity contribution is -0.156. The van der Waals surface area contributed by atoms with E-state index < -0.39 is 0 Å². The molecule has 0 N–H and O–H groups in total. The normalized spacial score (nSPS) is 22.1. The topological polar surface area (TPSA) is 43.4 Å². The van der Waals surface area contributed by atoms with Crippen LogP contribution in [0.4, 0.5) is 0 Å². The van der Waals surface area contributed by atoms with Crippen LogP contribution >= 0.6 is 0 Å². The maximum absolute atomic E-state index is 11.1. The molecule has 0 aromatic rings. The summed E-state index contributed by atoms with van der Waals surface area (Å²) in [5.41, 5.74) is 0. The van der Waals surface area contributed by atoms with E-state index in [1.165, 1.54) is 19.3 Å². The Labute approximate surface area is 169 Å². The second-order valence-corrected chi connectivity index (χ2v) is 9.95. The molecule has 0 saturated carbocycles. The first kappa shape index (κ1) is 26.1. The quantitative estimate of drug-likeness (QED) is 0.389. The molecule has 1 heterocycles. The van der Waals surface area contributed by atoms with Crippen LogP contribution in [-0.2, 0) is 14.3 Å². The van der Waals surface area contributed by atoms with E-state index in [9.17, 15) is 9.59 Å². The minimum absolute atomic E-state index is 0.00694. The number of esters is 1. The molecule has 0 unspecified atom stereocenters. The van der Waals surface area contributed by atoms with Gasteiger partial charge in [-0.2, -0.15) is 0 Å².